The second kappa shape index (κ2) is 8.67. The van der Waals surface area contributed by atoms with Crippen molar-refractivity contribution in [3.8, 4) is 0 Å². The Bertz CT molecular complexity index is 1500. The van der Waals surface area contributed by atoms with Gasteiger partial charge < -0.3 is 5.32 Å². The van der Waals surface area contributed by atoms with E-state index in [1.165, 1.54) is 0 Å². The third kappa shape index (κ3) is 4.23. The van der Waals surface area contributed by atoms with E-state index in [4.69, 9.17) is 0 Å². The molecule has 1 N–H and O–H groups in total. The Hall–Kier alpha value is -4.31. The predicted molar refractivity (Wildman–Crippen MR) is 133 cm³/mol. The summed E-state index contributed by atoms with van der Waals surface area (Å²) in [5, 5.41) is 5.83. The highest BCUT2D eigenvalue weighted by Crippen LogP contribution is 2.29. The van der Waals surface area contributed by atoms with Gasteiger partial charge in [0, 0.05) is 28.4 Å². The van der Waals surface area contributed by atoms with Crippen LogP contribution in [0.2, 0.25) is 0 Å². The van der Waals surface area contributed by atoms with Crippen LogP contribution in [0.25, 0.3) is 21.7 Å². The van der Waals surface area contributed by atoms with Crippen molar-refractivity contribution in [2.75, 3.05) is 5.32 Å². The maximum absolute atomic E-state index is 13.0. The number of aromatic nitrogens is 1. The lowest BCUT2D eigenvalue weighted by atomic mass is 9.96. The molecule has 0 unspecified atom stereocenters. The lowest BCUT2D eigenvalue weighted by Gasteiger charge is -2.13. The number of aryl methyl sites for hydroxylation is 1. The van der Waals surface area contributed by atoms with Gasteiger partial charge in [-0.25, -0.2) is 4.98 Å². The summed E-state index contributed by atoms with van der Waals surface area (Å²) in [6.45, 7) is 2.00. The minimum atomic E-state index is -0.284. The number of hydrogen-bond donors (Lipinski definition) is 1. The van der Waals surface area contributed by atoms with E-state index in [0.29, 0.717) is 16.9 Å². The molecular weight excluding hydrogens is 408 g/mol. The van der Waals surface area contributed by atoms with Gasteiger partial charge in [0.2, 0.25) is 0 Å². The topological polar surface area (TPSA) is 59.1 Å². The van der Waals surface area contributed by atoms with E-state index >= 15 is 0 Å². The molecule has 1 heterocycles. The standard InChI is InChI=1S/C29H22N2O2/c1-19-12-14-21(15-13-19)27(32)18-23-9-4-7-22-8-5-11-25(28(22)23)31-29(33)26-17-16-20-6-2-3-10-24(20)30-26/h2-17H,18H2,1H3,(H,31,33). The quantitative estimate of drug-likeness (QED) is 0.329. The summed E-state index contributed by atoms with van der Waals surface area (Å²) in [5.74, 6) is -0.243. The summed E-state index contributed by atoms with van der Waals surface area (Å²) in [7, 11) is 0. The van der Waals surface area contributed by atoms with Gasteiger partial charge in [-0.2, -0.15) is 0 Å². The van der Waals surface area contributed by atoms with Crippen LogP contribution in [0, 0.1) is 6.92 Å². The van der Waals surface area contributed by atoms with Gasteiger partial charge in [-0.1, -0.05) is 84.4 Å². The van der Waals surface area contributed by atoms with Crippen molar-refractivity contribution in [2.24, 2.45) is 0 Å². The average Bonchev–Trinajstić information content (AvgIpc) is 2.84. The smallest absolute Gasteiger partial charge is 0.274 e. The van der Waals surface area contributed by atoms with Gasteiger partial charge in [0.15, 0.2) is 5.78 Å². The second-order valence-corrected chi connectivity index (χ2v) is 8.13. The number of amides is 1. The number of Topliss-reactive ketones (excluding diaryl/α,β-unsaturated/α-hetero) is 1. The molecule has 1 aromatic heterocycles. The van der Waals surface area contributed by atoms with E-state index < -0.39 is 0 Å². The van der Waals surface area contributed by atoms with Crippen LogP contribution >= 0.6 is 0 Å². The first-order chi connectivity index (χ1) is 16.1. The maximum atomic E-state index is 13.0. The van der Waals surface area contributed by atoms with Crippen LogP contribution in [-0.4, -0.2) is 16.7 Å². The highest BCUT2D eigenvalue weighted by molar-refractivity contribution is 6.10. The molecule has 1 amide bonds. The van der Waals surface area contributed by atoms with Crippen LogP contribution < -0.4 is 5.32 Å². The van der Waals surface area contributed by atoms with Gasteiger partial charge in [-0.15, -0.1) is 0 Å². The van der Waals surface area contributed by atoms with Gasteiger partial charge in [0.1, 0.15) is 5.69 Å². The summed E-state index contributed by atoms with van der Waals surface area (Å²) in [4.78, 5) is 30.5. The van der Waals surface area contributed by atoms with E-state index in [1.807, 2.05) is 97.9 Å². The molecular formula is C29H22N2O2. The van der Waals surface area contributed by atoms with E-state index in [1.54, 1.807) is 6.07 Å². The molecule has 0 aliphatic carbocycles. The molecule has 0 radical (unpaired) electrons. The molecule has 4 nitrogen and oxygen atoms in total. The van der Waals surface area contributed by atoms with Gasteiger partial charge in [-0.05, 0) is 36.1 Å². The van der Waals surface area contributed by atoms with E-state index in [2.05, 4.69) is 10.3 Å². The number of para-hydroxylation sites is 1. The number of hydrogen-bond acceptors (Lipinski definition) is 3. The molecule has 160 valence electrons. The monoisotopic (exact) mass is 430 g/mol. The summed E-state index contributed by atoms with van der Waals surface area (Å²) in [5.41, 5.74) is 4.45. The first-order valence-corrected chi connectivity index (χ1v) is 10.9. The summed E-state index contributed by atoms with van der Waals surface area (Å²) >= 11 is 0. The summed E-state index contributed by atoms with van der Waals surface area (Å²) in [6, 6.07) is 30.5. The van der Waals surface area contributed by atoms with Gasteiger partial charge >= 0.3 is 0 Å². The first kappa shape index (κ1) is 20.6. The maximum Gasteiger partial charge on any atom is 0.274 e. The Balaban J connectivity index is 1.48. The van der Waals surface area contributed by atoms with Gasteiger partial charge in [0.25, 0.3) is 5.91 Å². The molecule has 5 rings (SSSR count). The number of nitrogens with zero attached hydrogens (tertiary/aromatic N) is 1. The minimum Gasteiger partial charge on any atom is -0.320 e. The summed E-state index contributed by atoms with van der Waals surface area (Å²) < 4.78 is 0. The zero-order valence-corrected chi connectivity index (χ0v) is 18.2. The fraction of sp³-hybridized carbons (Fsp3) is 0.0690. The Morgan fingerprint density at radius 2 is 1.48 bits per heavy atom. The SMILES string of the molecule is Cc1ccc(C(=O)Cc2cccc3cccc(NC(=O)c4ccc5ccccc5n4)c23)cc1. The molecule has 4 aromatic carbocycles. The molecule has 0 saturated heterocycles. The zero-order chi connectivity index (χ0) is 22.8. The van der Waals surface area contributed by atoms with E-state index in [-0.39, 0.29) is 18.1 Å². The van der Waals surface area contributed by atoms with Crippen molar-refractivity contribution >= 4 is 39.1 Å². The Kier molecular flexibility index (Phi) is 5.41. The highest BCUT2D eigenvalue weighted by Gasteiger charge is 2.15. The molecule has 0 spiro atoms. The van der Waals surface area contributed by atoms with Crippen LogP contribution in [0.4, 0.5) is 5.69 Å². The molecule has 0 fully saturated rings. The van der Waals surface area contributed by atoms with Crippen molar-refractivity contribution in [1.29, 1.82) is 0 Å². The van der Waals surface area contributed by atoms with Gasteiger partial charge in [-0.3, -0.25) is 9.59 Å². The molecule has 5 aromatic rings. The molecule has 0 atom stereocenters. The number of rotatable bonds is 5. The number of nitrogens with one attached hydrogen (secondary N) is 1. The number of carbonyl (C=O) groups is 2. The van der Waals surface area contributed by atoms with Crippen LogP contribution in [0.3, 0.4) is 0 Å². The number of anilines is 1. The lowest BCUT2D eigenvalue weighted by Crippen LogP contribution is -2.14. The van der Waals surface area contributed by atoms with Crippen LogP contribution in [0.5, 0.6) is 0 Å². The Morgan fingerprint density at radius 3 is 2.30 bits per heavy atom. The van der Waals surface area contributed by atoms with Crippen molar-refractivity contribution in [3.63, 3.8) is 0 Å². The zero-order valence-electron chi connectivity index (χ0n) is 18.2. The van der Waals surface area contributed by atoms with E-state index in [0.717, 1.165) is 32.8 Å². The molecule has 0 aliphatic heterocycles. The first-order valence-electron chi connectivity index (χ1n) is 10.9. The number of ketones is 1. The number of carbonyl (C=O) groups excluding carboxylic acids is 2. The fourth-order valence-corrected chi connectivity index (χ4v) is 4.06. The predicted octanol–water partition coefficient (Wildman–Crippen LogP) is 6.37. The summed E-state index contributed by atoms with van der Waals surface area (Å²) in [6.07, 6.45) is 0.251. The molecule has 33 heavy (non-hydrogen) atoms. The van der Waals surface area contributed by atoms with Crippen molar-refractivity contribution < 1.29 is 9.59 Å². The highest BCUT2D eigenvalue weighted by atomic mass is 16.2. The fourth-order valence-electron chi connectivity index (χ4n) is 4.06. The van der Waals surface area contributed by atoms with Crippen molar-refractivity contribution in [1.82, 2.24) is 4.98 Å². The van der Waals surface area contributed by atoms with Crippen LogP contribution in [0.1, 0.15) is 32.0 Å². The second-order valence-electron chi connectivity index (χ2n) is 8.13. The normalized spacial score (nSPS) is 10.9. The molecule has 0 saturated carbocycles. The van der Waals surface area contributed by atoms with Crippen molar-refractivity contribution in [2.45, 2.75) is 13.3 Å². The minimum absolute atomic E-state index is 0.0415. The third-order valence-corrected chi connectivity index (χ3v) is 5.79. The van der Waals surface area contributed by atoms with Crippen molar-refractivity contribution in [3.05, 3.63) is 119 Å². The average molecular weight is 431 g/mol. The third-order valence-electron chi connectivity index (χ3n) is 5.79. The molecule has 4 heteroatoms. The number of fused-ring (bicyclic) bond motifs is 2. The molecule has 0 aliphatic rings. The largest absolute Gasteiger partial charge is 0.320 e. The number of benzene rings is 4. The lowest BCUT2D eigenvalue weighted by molar-refractivity contribution is 0.0991. The van der Waals surface area contributed by atoms with E-state index in [9.17, 15) is 9.59 Å². The van der Waals surface area contributed by atoms with Gasteiger partial charge in [0.05, 0.1) is 5.52 Å². The Morgan fingerprint density at radius 1 is 0.758 bits per heavy atom. The van der Waals surface area contributed by atoms with Crippen LogP contribution in [-0.2, 0) is 6.42 Å². The molecule has 0 bridgehead atoms. The number of pyridine rings is 1. The Labute approximate surface area is 191 Å². The van der Waals surface area contributed by atoms with Crippen LogP contribution in [0.15, 0.2) is 97.1 Å².